The molecule has 3 aromatic rings. The van der Waals surface area contributed by atoms with Crippen molar-refractivity contribution in [2.24, 2.45) is 0 Å². The number of hydrogen-bond donors (Lipinski definition) is 2. The molecule has 0 unspecified atom stereocenters. The van der Waals surface area contributed by atoms with Crippen LogP contribution in [0.5, 0.6) is 0 Å². The second kappa shape index (κ2) is 4.29. The molecule has 2 heterocycles. The van der Waals surface area contributed by atoms with Crippen LogP contribution in [-0.4, -0.2) is 29.6 Å². The van der Waals surface area contributed by atoms with Crippen molar-refractivity contribution in [3.63, 3.8) is 0 Å². The van der Waals surface area contributed by atoms with Crippen molar-refractivity contribution in [3.05, 3.63) is 23.9 Å². The first-order valence-corrected chi connectivity index (χ1v) is 8.49. The predicted octanol–water partition coefficient (Wildman–Crippen LogP) is 1.98. The minimum Gasteiger partial charge on any atom is -0.375 e. The monoisotopic (exact) mass is 308 g/mol. The number of hydrogen-bond acceptors (Lipinski definition) is 6. The molecule has 0 aliphatic rings. The lowest BCUT2D eigenvalue weighted by Gasteiger charge is -1.97. The number of fused-ring (bicyclic) bond motifs is 1. The highest BCUT2D eigenvalue weighted by Gasteiger charge is 2.17. The first kappa shape index (κ1) is 13.1. The van der Waals surface area contributed by atoms with Gasteiger partial charge in [0.1, 0.15) is 5.52 Å². The zero-order chi connectivity index (χ0) is 14.5. The summed E-state index contributed by atoms with van der Waals surface area (Å²) >= 11 is 1.32. The number of para-hydroxylation sites is 1. The minimum atomic E-state index is -3.32. The Hall–Kier alpha value is -1.93. The molecule has 20 heavy (non-hydrogen) atoms. The number of sulfone groups is 1. The van der Waals surface area contributed by atoms with E-state index >= 15 is 0 Å². The highest BCUT2D eigenvalue weighted by molar-refractivity contribution is 7.91. The van der Waals surface area contributed by atoms with Crippen molar-refractivity contribution in [1.29, 1.82) is 0 Å². The third kappa shape index (κ3) is 2.06. The van der Waals surface area contributed by atoms with Gasteiger partial charge >= 0.3 is 0 Å². The van der Waals surface area contributed by atoms with E-state index in [9.17, 15) is 8.42 Å². The number of anilines is 1. The second-order valence-corrected chi connectivity index (χ2v) is 7.49. The normalized spacial score (nSPS) is 12.1. The number of aromatic amines is 1. The van der Waals surface area contributed by atoms with E-state index in [4.69, 9.17) is 5.73 Å². The quantitative estimate of drug-likeness (QED) is 0.753. The highest BCUT2D eigenvalue weighted by atomic mass is 32.2. The van der Waals surface area contributed by atoms with Crippen LogP contribution in [0.15, 0.2) is 23.1 Å². The van der Waals surface area contributed by atoms with Crippen LogP contribution in [0.1, 0.15) is 5.69 Å². The van der Waals surface area contributed by atoms with Crippen LogP contribution in [0, 0.1) is 6.92 Å². The van der Waals surface area contributed by atoms with Gasteiger partial charge in [-0.3, -0.25) is 0 Å². The van der Waals surface area contributed by atoms with Gasteiger partial charge < -0.3 is 10.7 Å². The molecule has 0 aliphatic carbocycles. The molecule has 8 heteroatoms. The maximum atomic E-state index is 11.8. The largest absolute Gasteiger partial charge is 0.375 e. The van der Waals surface area contributed by atoms with Crippen molar-refractivity contribution >= 4 is 37.3 Å². The minimum absolute atomic E-state index is 0.215. The van der Waals surface area contributed by atoms with E-state index in [1.807, 2.05) is 6.92 Å². The van der Waals surface area contributed by atoms with Crippen LogP contribution in [0.25, 0.3) is 21.7 Å². The maximum absolute atomic E-state index is 11.8. The zero-order valence-electron chi connectivity index (χ0n) is 10.8. The fourth-order valence-electron chi connectivity index (χ4n) is 2.05. The van der Waals surface area contributed by atoms with E-state index in [2.05, 4.69) is 15.0 Å². The number of nitrogens with two attached hydrogens (primary N) is 1. The zero-order valence-corrected chi connectivity index (χ0v) is 12.5. The molecule has 0 aliphatic heterocycles. The molecule has 3 rings (SSSR count). The Morgan fingerprint density at radius 3 is 2.65 bits per heavy atom. The number of aromatic nitrogens is 3. The maximum Gasteiger partial charge on any atom is 0.180 e. The van der Waals surface area contributed by atoms with Crippen LogP contribution in [-0.2, 0) is 9.84 Å². The Labute approximate surface area is 119 Å². The van der Waals surface area contributed by atoms with Gasteiger partial charge in [0.25, 0.3) is 0 Å². The number of benzene rings is 1. The third-order valence-corrected chi connectivity index (χ3v) is 5.03. The molecule has 0 radical (unpaired) electrons. The first-order valence-electron chi connectivity index (χ1n) is 5.78. The Bertz CT molecular complexity index is 909. The molecule has 0 atom stereocenters. The average molecular weight is 308 g/mol. The molecule has 3 N–H and O–H groups in total. The summed E-state index contributed by atoms with van der Waals surface area (Å²) < 4.78 is 23.6. The van der Waals surface area contributed by atoms with E-state index in [0.29, 0.717) is 22.0 Å². The summed E-state index contributed by atoms with van der Waals surface area (Å²) in [6, 6.07) is 5.03. The first-order chi connectivity index (χ1) is 9.36. The number of imidazole rings is 1. The van der Waals surface area contributed by atoms with Gasteiger partial charge in [0.15, 0.2) is 20.8 Å². The Balaban J connectivity index is 2.29. The lowest BCUT2D eigenvalue weighted by molar-refractivity contribution is 0.602. The molecule has 2 aromatic heterocycles. The molecule has 0 spiro atoms. The number of nitrogens with zero attached hydrogens (tertiary/aromatic N) is 2. The predicted molar refractivity (Wildman–Crippen MR) is 79.5 cm³/mol. The second-order valence-electron chi connectivity index (χ2n) is 4.48. The molecule has 0 bridgehead atoms. The van der Waals surface area contributed by atoms with E-state index in [1.54, 1.807) is 18.2 Å². The molecule has 0 fully saturated rings. The van der Waals surface area contributed by atoms with Crippen LogP contribution >= 0.6 is 11.3 Å². The smallest absolute Gasteiger partial charge is 0.180 e. The highest BCUT2D eigenvalue weighted by Crippen LogP contribution is 2.32. The summed E-state index contributed by atoms with van der Waals surface area (Å²) in [6.07, 6.45) is 1.17. The number of rotatable bonds is 2. The van der Waals surface area contributed by atoms with Gasteiger partial charge in [0.05, 0.1) is 21.0 Å². The van der Waals surface area contributed by atoms with Gasteiger partial charge in [-0.15, -0.1) is 0 Å². The van der Waals surface area contributed by atoms with Gasteiger partial charge in [-0.05, 0) is 19.1 Å². The Kier molecular flexibility index (Phi) is 2.80. The number of H-pyrrole nitrogens is 1. The third-order valence-electron chi connectivity index (χ3n) is 2.90. The molecule has 0 saturated heterocycles. The standard InChI is InChI=1S/C12H12N4O2S2/c1-6-10(19-12(13)14-6)11-15-7-4-3-5-8(9(7)16-11)20(2,17)18/h3-5H,1-2H3,(H2,13,14)(H,15,16). The van der Waals surface area contributed by atoms with Gasteiger partial charge in [0.2, 0.25) is 0 Å². The molecule has 0 saturated carbocycles. The number of thiazole rings is 1. The van der Waals surface area contributed by atoms with Crippen LogP contribution in [0.4, 0.5) is 5.13 Å². The van der Waals surface area contributed by atoms with E-state index in [1.165, 1.54) is 17.6 Å². The Morgan fingerprint density at radius 1 is 1.30 bits per heavy atom. The van der Waals surface area contributed by atoms with Crippen molar-refractivity contribution in [2.75, 3.05) is 12.0 Å². The van der Waals surface area contributed by atoms with Crippen molar-refractivity contribution in [2.45, 2.75) is 11.8 Å². The fraction of sp³-hybridized carbons (Fsp3) is 0.167. The van der Waals surface area contributed by atoms with E-state index in [-0.39, 0.29) is 4.90 Å². The summed E-state index contributed by atoms with van der Waals surface area (Å²) in [5, 5.41) is 0.460. The van der Waals surface area contributed by atoms with Crippen LogP contribution in [0.3, 0.4) is 0 Å². The summed E-state index contributed by atoms with van der Waals surface area (Å²) in [5.74, 6) is 0.586. The van der Waals surface area contributed by atoms with E-state index < -0.39 is 9.84 Å². The lowest BCUT2D eigenvalue weighted by atomic mass is 10.3. The topological polar surface area (TPSA) is 102 Å². The van der Waals surface area contributed by atoms with Crippen molar-refractivity contribution in [1.82, 2.24) is 15.0 Å². The summed E-state index contributed by atoms with van der Waals surface area (Å²) in [7, 11) is -3.32. The Morgan fingerprint density at radius 2 is 2.05 bits per heavy atom. The van der Waals surface area contributed by atoms with Crippen molar-refractivity contribution in [3.8, 4) is 10.7 Å². The summed E-state index contributed by atoms with van der Waals surface area (Å²) in [5.41, 5.74) is 7.57. The van der Waals surface area contributed by atoms with Crippen LogP contribution < -0.4 is 5.73 Å². The number of nitrogens with one attached hydrogen (secondary N) is 1. The molecular formula is C12H12N4O2S2. The van der Waals surface area contributed by atoms with Crippen LogP contribution in [0.2, 0.25) is 0 Å². The fourth-order valence-corrected chi connectivity index (χ4v) is 3.66. The summed E-state index contributed by atoms with van der Waals surface area (Å²) in [6.45, 7) is 1.84. The molecular weight excluding hydrogens is 296 g/mol. The van der Waals surface area contributed by atoms with Gasteiger partial charge in [0, 0.05) is 6.26 Å². The molecule has 6 nitrogen and oxygen atoms in total. The SMILES string of the molecule is Cc1nc(N)sc1-c1nc2c(S(C)(=O)=O)cccc2[nH]1. The molecule has 1 aromatic carbocycles. The van der Waals surface area contributed by atoms with E-state index in [0.717, 1.165) is 10.6 Å². The summed E-state index contributed by atoms with van der Waals surface area (Å²) in [4.78, 5) is 12.7. The van der Waals surface area contributed by atoms with Gasteiger partial charge in [-0.25, -0.2) is 18.4 Å². The van der Waals surface area contributed by atoms with Gasteiger partial charge in [-0.1, -0.05) is 17.4 Å². The molecule has 104 valence electrons. The average Bonchev–Trinajstić information content (AvgIpc) is 2.89. The van der Waals surface area contributed by atoms with Gasteiger partial charge in [-0.2, -0.15) is 0 Å². The number of nitrogen functional groups attached to an aromatic ring is 1. The number of aryl methyl sites for hydroxylation is 1. The lowest BCUT2D eigenvalue weighted by Crippen LogP contribution is -1.97. The van der Waals surface area contributed by atoms with Crippen molar-refractivity contribution < 1.29 is 8.42 Å². The molecule has 0 amide bonds.